The van der Waals surface area contributed by atoms with Crippen LogP contribution in [0.1, 0.15) is 16.1 Å². The normalized spacial score (nSPS) is 14.8. The average molecular weight is 259 g/mol. The quantitative estimate of drug-likeness (QED) is 0.825. The number of H-pyrrole nitrogens is 1. The summed E-state index contributed by atoms with van der Waals surface area (Å²) in [5.41, 5.74) is 2.74. The molecule has 0 radical (unpaired) electrons. The molecule has 1 aromatic carbocycles. The van der Waals surface area contributed by atoms with E-state index in [1.54, 1.807) is 11.8 Å². The number of hydrogen-bond donors (Lipinski definition) is 2. The van der Waals surface area contributed by atoms with Crippen molar-refractivity contribution in [3.63, 3.8) is 0 Å². The van der Waals surface area contributed by atoms with Crippen LogP contribution in [0, 0.1) is 6.92 Å². The van der Waals surface area contributed by atoms with Crippen LogP contribution in [0.25, 0.3) is 10.9 Å². The highest BCUT2D eigenvalue weighted by Gasteiger charge is 2.14. The van der Waals surface area contributed by atoms with E-state index < -0.39 is 0 Å². The van der Waals surface area contributed by atoms with Crippen LogP contribution in [0.3, 0.4) is 0 Å². The van der Waals surface area contributed by atoms with Crippen molar-refractivity contribution < 1.29 is 4.79 Å². The Bertz CT molecular complexity index is 645. The molecule has 0 saturated carbocycles. The van der Waals surface area contributed by atoms with Gasteiger partial charge in [0.1, 0.15) is 5.69 Å². The summed E-state index contributed by atoms with van der Waals surface area (Å²) in [6.07, 6.45) is 0. The lowest BCUT2D eigenvalue weighted by atomic mass is 10.2. The molecule has 1 amide bonds. The highest BCUT2D eigenvalue weighted by molar-refractivity contribution is 8.14. The standard InChI is InChI=1S/C13H13N3OS/c1-8-2-3-10-9(6-8)7-11(15-10)12(17)16-13-14-4-5-18-13/h2-3,6-7,15H,4-5H2,1H3,(H,14,16,17). The number of aromatic amines is 1. The van der Waals surface area contributed by atoms with E-state index in [9.17, 15) is 4.79 Å². The minimum atomic E-state index is -0.128. The van der Waals surface area contributed by atoms with Crippen LogP contribution in [-0.2, 0) is 0 Å². The molecule has 3 rings (SSSR count). The fourth-order valence-corrected chi connectivity index (χ4v) is 2.67. The number of amides is 1. The largest absolute Gasteiger partial charge is 0.351 e. The first-order valence-electron chi connectivity index (χ1n) is 5.80. The third-order valence-electron chi connectivity index (χ3n) is 2.83. The van der Waals surface area contributed by atoms with Gasteiger partial charge in [0.2, 0.25) is 0 Å². The van der Waals surface area contributed by atoms with Crippen molar-refractivity contribution in [1.29, 1.82) is 0 Å². The third kappa shape index (κ3) is 2.13. The monoisotopic (exact) mass is 259 g/mol. The molecule has 0 bridgehead atoms. The molecule has 2 N–H and O–H groups in total. The first kappa shape index (κ1) is 11.3. The van der Waals surface area contributed by atoms with Gasteiger partial charge in [0.15, 0.2) is 5.17 Å². The van der Waals surface area contributed by atoms with Crippen LogP contribution in [0.4, 0.5) is 0 Å². The Morgan fingerprint density at radius 1 is 1.44 bits per heavy atom. The maximum Gasteiger partial charge on any atom is 0.273 e. The fraction of sp³-hybridized carbons (Fsp3) is 0.231. The van der Waals surface area contributed by atoms with E-state index in [1.807, 2.05) is 25.1 Å². The second-order valence-electron chi connectivity index (χ2n) is 4.26. The zero-order chi connectivity index (χ0) is 12.5. The number of rotatable bonds is 1. The van der Waals surface area contributed by atoms with Gasteiger partial charge in [0.25, 0.3) is 5.91 Å². The van der Waals surface area contributed by atoms with Crippen molar-refractivity contribution in [2.24, 2.45) is 4.99 Å². The van der Waals surface area contributed by atoms with Gasteiger partial charge in [-0.2, -0.15) is 0 Å². The number of hydrogen-bond acceptors (Lipinski definition) is 3. The van der Waals surface area contributed by atoms with E-state index >= 15 is 0 Å². The number of thioether (sulfide) groups is 1. The summed E-state index contributed by atoms with van der Waals surface area (Å²) < 4.78 is 0. The zero-order valence-electron chi connectivity index (χ0n) is 9.99. The van der Waals surface area contributed by atoms with E-state index in [0.717, 1.165) is 28.4 Å². The SMILES string of the molecule is Cc1ccc2[nH]c(C(=O)NC3=NCCS3)cc2c1. The first-order chi connectivity index (χ1) is 8.72. The number of nitrogens with one attached hydrogen (secondary N) is 2. The lowest BCUT2D eigenvalue weighted by Crippen LogP contribution is -2.27. The second kappa shape index (κ2) is 4.49. The third-order valence-corrected chi connectivity index (χ3v) is 3.72. The molecule has 1 aliphatic rings. The molecule has 1 aliphatic heterocycles. The van der Waals surface area contributed by atoms with E-state index in [2.05, 4.69) is 21.4 Å². The number of carbonyl (C=O) groups excluding carboxylic acids is 1. The Kier molecular flexibility index (Phi) is 2.83. The number of amidine groups is 1. The number of fused-ring (bicyclic) bond motifs is 1. The number of carbonyl (C=O) groups is 1. The van der Waals surface area contributed by atoms with Crippen LogP contribution in [0.5, 0.6) is 0 Å². The van der Waals surface area contributed by atoms with E-state index in [-0.39, 0.29) is 5.91 Å². The molecule has 5 heteroatoms. The molecule has 2 aromatic rings. The Hall–Kier alpha value is -1.75. The Labute approximate surface area is 109 Å². The molecule has 92 valence electrons. The van der Waals surface area contributed by atoms with Gasteiger partial charge < -0.3 is 10.3 Å². The van der Waals surface area contributed by atoms with Gasteiger partial charge in [0, 0.05) is 16.7 Å². The van der Waals surface area contributed by atoms with Crippen molar-refractivity contribution in [2.75, 3.05) is 12.3 Å². The summed E-state index contributed by atoms with van der Waals surface area (Å²) >= 11 is 1.58. The van der Waals surface area contributed by atoms with Crippen LogP contribution in [-0.4, -0.2) is 28.4 Å². The van der Waals surface area contributed by atoms with Gasteiger partial charge >= 0.3 is 0 Å². The highest BCUT2D eigenvalue weighted by Crippen LogP contribution is 2.17. The predicted octanol–water partition coefficient (Wildman–Crippen LogP) is 2.31. The van der Waals surface area contributed by atoms with Gasteiger partial charge in [-0.1, -0.05) is 23.4 Å². The lowest BCUT2D eigenvalue weighted by Gasteiger charge is -2.00. The summed E-state index contributed by atoms with van der Waals surface area (Å²) in [6, 6.07) is 7.95. The van der Waals surface area contributed by atoms with Crippen molar-refractivity contribution in [1.82, 2.24) is 10.3 Å². The second-order valence-corrected chi connectivity index (χ2v) is 5.35. The molecule has 18 heavy (non-hydrogen) atoms. The molecule has 2 heterocycles. The highest BCUT2D eigenvalue weighted by atomic mass is 32.2. The van der Waals surface area contributed by atoms with Crippen LogP contribution >= 0.6 is 11.8 Å². The summed E-state index contributed by atoms with van der Waals surface area (Å²) in [6.45, 7) is 2.82. The smallest absolute Gasteiger partial charge is 0.273 e. The Morgan fingerprint density at radius 2 is 2.33 bits per heavy atom. The number of benzene rings is 1. The fourth-order valence-electron chi connectivity index (χ4n) is 1.95. The maximum absolute atomic E-state index is 12.0. The maximum atomic E-state index is 12.0. The van der Waals surface area contributed by atoms with Crippen LogP contribution in [0.2, 0.25) is 0 Å². The van der Waals surface area contributed by atoms with Crippen molar-refractivity contribution in [2.45, 2.75) is 6.92 Å². The number of aryl methyl sites for hydroxylation is 1. The molecule has 0 unspecified atom stereocenters. The summed E-state index contributed by atoms with van der Waals surface area (Å²) in [5.74, 6) is 0.818. The Balaban J connectivity index is 1.87. The number of aromatic nitrogens is 1. The molecule has 0 saturated heterocycles. The molecular weight excluding hydrogens is 246 g/mol. The topological polar surface area (TPSA) is 57.2 Å². The average Bonchev–Trinajstić information content (AvgIpc) is 2.96. The number of nitrogens with zero attached hydrogens (tertiary/aromatic N) is 1. The van der Waals surface area contributed by atoms with Gasteiger partial charge in [-0.3, -0.25) is 9.79 Å². The molecule has 0 atom stereocenters. The van der Waals surface area contributed by atoms with Crippen LogP contribution < -0.4 is 5.32 Å². The van der Waals surface area contributed by atoms with Gasteiger partial charge in [0.05, 0.1) is 6.54 Å². The van der Waals surface area contributed by atoms with Crippen molar-refractivity contribution in [3.8, 4) is 0 Å². The molecule has 0 fully saturated rings. The molecule has 4 nitrogen and oxygen atoms in total. The Morgan fingerprint density at radius 3 is 3.11 bits per heavy atom. The molecular formula is C13H13N3OS. The molecule has 0 spiro atoms. The summed E-state index contributed by atoms with van der Waals surface area (Å²) in [4.78, 5) is 19.3. The predicted molar refractivity (Wildman–Crippen MR) is 75.3 cm³/mol. The first-order valence-corrected chi connectivity index (χ1v) is 6.79. The molecule has 0 aliphatic carbocycles. The van der Waals surface area contributed by atoms with Gasteiger partial charge in [-0.15, -0.1) is 0 Å². The minimum Gasteiger partial charge on any atom is -0.351 e. The van der Waals surface area contributed by atoms with Crippen molar-refractivity contribution in [3.05, 3.63) is 35.5 Å². The van der Waals surface area contributed by atoms with Gasteiger partial charge in [-0.05, 0) is 25.1 Å². The summed E-state index contributed by atoms with van der Waals surface area (Å²) in [7, 11) is 0. The van der Waals surface area contributed by atoms with E-state index in [1.165, 1.54) is 5.56 Å². The summed E-state index contributed by atoms with van der Waals surface area (Å²) in [5, 5.41) is 4.59. The van der Waals surface area contributed by atoms with E-state index in [4.69, 9.17) is 0 Å². The zero-order valence-corrected chi connectivity index (χ0v) is 10.8. The molecule has 1 aromatic heterocycles. The van der Waals surface area contributed by atoms with Crippen LogP contribution in [0.15, 0.2) is 29.3 Å². The van der Waals surface area contributed by atoms with E-state index in [0.29, 0.717) is 5.69 Å². The van der Waals surface area contributed by atoms with Gasteiger partial charge in [-0.25, -0.2) is 0 Å². The lowest BCUT2D eigenvalue weighted by molar-refractivity contribution is 0.0974. The number of aliphatic imine (C=N–C) groups is 1. The minimum absolute atomic E-state index is 0.128. The van der Waals surface area contributed by atoms with Crippen molar-refractivity contribution >= 4 is 33.7 Å².